The van der Waals surface area contributed by atoms with Crippen molar-refractivity contribution >= 4 is 32.2 Å². The Hall–Kier alpha value is -1.56. The molecule has 0 fully saturated rings. The lowest BCUT2D eigenvalue weighted by Gasteiger charge is -2.12. The Morgan fingerprint density at radius 3 is 2.57 bits per heavy atom. The van der Waals surface area contributed by atoms with E-state index in [1.165, 1.54) is 18.4 Å². The van der Waals surface area contributed by atoms with E-state index in [-0.39, 0.29) is 12.2 Å². The van der Waals surface area contributed by atoms with Crippen molar-refractivity contribution in [1.29, 1.82) is 0 Å². The largest absolute Gasteiger partial charge is 0.318 e. The molecule has 21 heavy (non-hydrogen) atoms. The van der Waals surface area contributed by atoms with Gasteiger partial charge in [-0.2, -0.15) is 0 Å². The van der Waals surface area contributed by atoms with Crippen LogP contribution in [0, 0.1) is 10.1 Å². The summed E-state index contributed by atoms with van der Waals surface area (Å²) in [7, 11) is -5.33. The lowest BCUT2D eigenvalue weighted by molar-refractivity contribution is -0.386. The van der Waals surface area contributed by atoms with E-state index < -0.39 is 41.6 Å². The summed E-state index contributed by atoms with van der Waals surface area (Å²) in [4.78, 5) is 9.73. The first kappa shape index (κ1) is 17.5. The van der Waals surface area contributed by atoms with Crippen molar-refractivity contribution in [2.75, 3.05) is 18.2 Å². The minimum absolute atomic E-state index is 0.0944. The van der Waals surface area contributed by atoms with E-state index in [0.717, 1.165) is 6.07 Å². The first-order valence-corrected chi connectivity index (χ1v) is 8.87. The van der Waals surface area contributed by atoms with E-state index in [1.807, 2.05) is 0 Å². The van der Waals surface area contributed by atoms with Crippen LogP contribution < -0.4 is 16.0 Å². The molecular formula is C10H16N4O5S2. The van der Waals surface area contributed by atoms with Crippen LogP contribution in [0.3, 0.4) is 0 Å². The Kier molecular flexibility index (Phi) is 5.78. The maximum atomic E-state index is 12.2. The van der Waals surface area contributed by atoms with Gasteiger partial charge in [0.05, 0.1) is 4.92 Å². The number of nitro benzene ring substituents is 1. The standard InChI is InChI=1S/C10H16N4O5S2/c1-7(20(2)17)6-12-21(18,19)9-5-3-4-8(13-11)10(9)14(15)16/h3-5,7,12-13H,6,11H2,1-2H3. The van der Waals surface area contributed by atoms with Crippen molar-refractivity contribution in [3.8, 4) is 0 Å². The number of benzene rings is 1. The molecule has 0 aromatic heterocycles. The highest BCUT2D eigenvalue weighted by Gasteiger charge is 2.29. The molecular weight excluding hydrogens is 320 g/mol. The molecule has 0 spiro atoms. The molecule has 1 aromatic carbocycles. The van der Waals surface area contributed by atoms with Gasteiger partial charge in [0.1, 0.15) is 5.69 Å². The topological polar surface area (TPSA) is 144 Å². The molecule has 0 heterocycles. The summed E-state index contributed by atoms with van der Waals surface area (Å²) < 4.78 is 37.8. The first-order chi connectivity index (χ1) is 9.70. The number of hydrogen-bond acceptors (Lipinski definition) is 7. The Balaban J connectivity index is 3.20. The summed E-state index contributed by atoms with van der Waals surface area (Å²) in [5.41, 5.74) is 1.33. The van der Waals surface area contributed by atoms with E-state index in [2.05, 4.69) is 10.1 Å². The fraction of sp³-hybridized carbons (Fsp3) is 0.400. The zero-order valence-corrected chi connectivity index (χ0v) is 13.0. The maximum Gasteiger partial charge on any atom is 0.313 e. The van der Waals surface area contributed by atoms with Gasteiger partial charge in [-0.1, -0.05) is 6.07 Å². The summed E-state index contributed by atoms with van der Waals surface area (Å²) in [5, 5.41) is 10.6. The number of nitrogens with one attached hydrogen (secondary N) is 2. The summed E-state index contributed by atoms with van der Waals surface area (Å²) in [6, 6.07) is 3.73. The number of hydrazine groups is 1. The molecule has 0 bridgehead atoms. The number of nitrogens with two attached hydrogens (primary N) is 1. The SMILES string of the molecule is CC(CNS(=O)(=O)c1cccc(NN)c1[N+](=O)[O-])S(C)=O. The lowest BCUT2D eigenvalue weighted by Crippen LogP contribution is -2.33. The summed E-state index contributed by atoms with van der Waals surface area (Å²) in [5.74, 6) is 5.15. The Labute approximate surface area is 124 Å². The first-order valence-electron chi connectivity index (χ1n) is 5.76. The van der Waals surface area contributed by atoms with Gasteiger partial charge >= 0.3 is 5.69 Å². The van der Waals surface area contributed by atoms with Gasteiger partial charge < -0.3 is 5.43 Å². The highest BCUT2D eigenvalue weighted by Crippen LogP contribution is 2.31. The number of hydrogen-bond donors (Lipinski definition) is 3. The third-order valence-corrected chi connectivity index (χ3v) is 5.51. The van der Waals surface area contributed by atoms with Crippen LogP contribution in [0.5, 0.6) is 0 Å². The smallest absolute Gasteiger partial charge is 0.313 e. The maximum absolute atomic E-state index is 12.2. The van der Waals surface area contributed by atoms with Crippen molar-refractivity contribution in [2.45, 2.75) is 17.1 Å². The van der Waals surface area contributed by atoms with E-state index in [1.54, 1.807) is 6.92 Å². The van der Waals surface area contributed by atoms with Gasteiger partial charge in [0.2, 0.25) is 10.0 Å². The normalized spacial score (nSPS) is 14.4. The predicted octanol–water partition coefficient (Wildman–Crippen LogP) is -0.0743. The van der Waals surface area contributed by atoms with Crippen LogP contribution in [0.4, 0.5) is 11.4 Å². The minimum atomic E-state index is -4.12. The molecule has 0 aliphatic rings. The van der Waals surface area contributed by atoms with Crippen LogP contribution in [0.1, 0.15) is 6.92 Å². The molecule has 0 saturated carbocycles. The van der Waals surface area contributed by atoms with Crippen LogP contribution in [0.15, 0.2) is 23.1 Å². The molecule has 118 valence electrons. The van der Waals surface area contributed by atoms with Crippen molar-refractivity contribution in [3.05, 3.63) is 28.3 Å². The van der Waals surface area contributed by atoms with E-state index >= 15 is 0 Å². The van der Waals surface area contributed by atoms with Crippen molar-refractivity contribution in [3.63, 3.8) is 0 Å². The molecule has 1 rings (SSSR count). The predicted molar refractivity (Wildman–Crippen MR) is 79.6 cm³/mol. The van der Waals surface area contributed by atoms with E-state index in [9.17, 15) is 22.7 Å². The summed E-state index contributed by atoms with van der Waals surface area (Å²) in [6.07, 6.45) is 1.44. The second kappa shape index (κ2) is 6.93. The number of nitrogens with zero attached hydrogens (tertiary/aromatic N) is 1. The third-order valence-electron chi connectivity index (χ3n) is 2.75. The minimum Gasteiger partial charge on any atom is -0.318 e. The number of rotatable bonds is 7. The number of para-hydroxylation sites is 1. The van der Waals surface area contributed by atoms with Crippen molar-refractivity contribution < 1.29 is 17.6 Å². The van der Waals surface area contributed by atoms with Crippen LogP contribution >= 0.6 is 0 Å². The summed E-state index contributed by atoms with van der Waals surface area (Å²) >= 11 is 0. The van der Waals surface area contributed by atoms with Gasteiger partial charge in [0.15, 0.2) is 4.90 Å². The number of sulfonamides is 1. The molecule has 2 atom stereocenters. The van der Waals surface area contributed by atoms with Crippen LogP contribution in [-0.2, 0) is 20.8 Å². The van der Waals surface area contributed by atoms with Crippen LogP contribution in [0.25, 0.3) is 0 Å². The molecule has 0 aliphatic carbocycles. The number of nitro groups is 1. The number of anilines is 1. The fourth-order valence-electron chi connectivity index (χ4n) is 1.47. The monoisotopic (exact) mass is 336 g/mol. The molecule has 0 amide bonds. The molecule has 0 aliphatic heterocycles. The van der Waals surface area contributed by atoms with E-state index in [4.69, 9.17) is 5.84 Å². The molecule has 9 nitrogen and oxygen atoms in total. The zero-order chi connectivity index (χ0) is 16.2. The van der Waals surface area contributed by atoms with Crippen molar-refractivity contribution in [2.24, 2.45) is 5.84 Å². The van der Waals surface area contributed by atoms with Gasteiger partial charge in [-0.05, 0) is 19.1 Å². The molecule has 0 radical (unpaired) electrons. The fourth-order valence-corrected chi connectivity index (χ4v) is 3.21. The Morgan fingerprint density at radius 1 is 1.48 bits per heavy atom. The van der Waals surface area contributed by atoms with Gasteiger partial charge in [-0.3, -0.25) is 20.2 Å². The van der Waals surface area contributed by atoms with Gasteiger partial charge in [-0.15, -0.1) is 0 Å². The zero-order valence-electron chi connectivity index (χ0n) is 11.4. The summed E-state index contributed by atoms with van der Waals surface area (Å²) in [6.45, 7) is 1.51. The molecule has 4 N–H and O–H groups in total. The quantitative estimate of drug-likeness (QED) is 0.359. The second-order valence-corrected chi connectivity index (χ2v) is 7.75. The average Bonchev–Trinajstić information content (AvgIpc) is 2.43. The number of nitrogen functional groups attached to an aromatic ring is 1. The second-order valence-electron chi connectivity index (χ2n) is 4.21. The van der Waals surface area contributed by atoms with E-state index in [0.29, 0.717) is 0 Å². The lowest BCUT2D eigenvalue weighted by atomic mass is 10.3. The van der Waals surface area contributed by atoms with Crippen LogP contribution in [-0.4, -0.2) is 35.6 Å². The average molecular weight is 336 g/mol. The third kappa shape index (κ3) is 4.20. The van der Waals surface area contributed by atoms with Gasteiger partial charge in [0.25, 0.3) is 0 Å². The molecule has 1 aromatic rings. The molecule has 11 heteroatoms. The molecule has 0 saturated heterocycles. The highest BCUT2D eigenvalue weighted by atomic mass is 32.2. The Bertz CT molecular complexity index is 661. The van der Waals surface area contributed by atoms with Crippen molar-refractivity contribution in [1.82, 2.24) is 4.72 Å². The highest BCUT2D eigenvalue weighted by molar-refractivity contribution is 7.89. The molecule has 2 unspecified atom stereocenters. The van der Waals surface area contributed by atoms with Crippen LogP contribution in [0.2, 0.25) is 0 Å². The van der Waals surface area contributed by atoms with Gasteiger partial charge in [-0.25, -0.2) is 13.1 Å². The Morgan fingerprint density at radius 2 is 2.10 bits per heavy atom. The van der Waals surface area contributed by atoms with Gasteiger partial charge in [0, 0.05) is 28.9 Å².